The Morgan fingerprint density at radius 3 is 2.42 bits per heavy atom. The molecule has 3 aromatic rings. The van der Waals surface area contributed by atoms with Crippen molar-refractivity contribution in [3.63, 3.8) is 0 Å². The zero-order valence-corrected chi connectivity index (χ0v) is 19.6. The lowest BCUT2D eigenvalue weighted by atomic mass is 10.0. The maximum atomic E-state index is 12.1. The van der Waals surface area contributed by atoms with Gasteiger partial charge in [-0.2, -0.15) is 0 Å². The number of halogens is 1. The van der Waals surface area contributed by atoms with Crippen LogP contribution in [0.3, 0.4) is 0 Å². The first kappa shape index (κ1) is 22.5. The van der Waals surface area contributed by atoms with Crippen LogP contribution >= 0.6 is 15.9 Å². The van der Waals surface area contributed by atoms with Gasteiger partial charge < -0.3 is 9.47 Å². The quantitative estimate of drug-likeness (QED) is 0.373. The Labute approximate surface area is 198 Å². The monoisotopic (exact) mass is 508 g/mol. The molecule has 8 heteroatoms. The van der Waals surface area contributed by atoms with Gasteiger partial charge in [0.05, 0.1) is 11.1 Å². The fraction of sp³-hybridized carbons (Fsp3) is 0.160. The van der Waals surface area contributed by atoms with Crippen molar-refractivity contribution in [2.45, 2.75) is 20.5 Å². The van der Waals surface area contributed by atoms with Crippen molar-refractivity contribution in [2.75, 3.05) is 6.61 Å². The van der Waals surface area contributed by atoms with Crippen molar-refractivity contribution in [3.05, 3.63) is 75.3 Å². The first-order valence-electron chi connectivity index (χ1n) is 10.3. The number of benzene rings is 3. The van der Waals surface area contributed by atoms with Crippen LogP contribution in [-0.2, 0) is 16.2 Å². The topological polar surface area (TPSA) is 93.7 Å². The normalized spacial score (nSPS) is 13.5. The van der Waals surface area contributed by atoms with Crippen LogP contribution in [0.1, 0.15) is 23.6 Å². The molecule has 33 heavy (non-hydrogen) atoms. The van der Waals surface area contributed by atoms with Crippen LogP contribution in [0, 0.1) is 6.92 Å². The Morgan fingerprint density at radius 1 is 0.970 bits per heavy atom. The molecule has 1 heterocycles. The molecule has 4 amide bonds. The number of aryl methyl sites for hydroxylation is 1. The molecule has 0 radical (unpaired) electrons. The first-order valence-corrected chi connectivity index (χ1v) is 11.1. The summed E-state index contributed by atoms with van der Waals surface area (Å²) in [5.41, 5.74) is 2.56. The molecule has 1 saturated heterocycles. The third-order valence-corrected chi connectivity index (χ3v) is 5.81. The molecule has 0 saturated carbocycles. The molecule has 1 aliphatic heterocycles. The second-order valence-corrected chi connectivity index (χ2v) is 8.28. The average molecular weight is 509 g/mol. The molecular formula is C25H21BrN2O5. The van der Waals surface area contributed by atoms with Crippen LogP contribution in [0.15, 0.2) is 58.6 Å². The number of hydrogen-bond donors (Lipinski definition) is 2. The molecule has 4 rings (SSSR count). The summed E-state index contributed by atoms with van der Waals surface area (Å²) in [7, 11) is 0. The van der Waals surface area contributed by atoms with Gasteiger partial charge in [0.1, 0.15) is 12.2 Å². The van der Waals surface area contributed by atoms with E-state index in [9.17, 15) is 14.4 Å². The van der Waals surface area contributed by atoms with Crippen molar-refractivity contribution < 1.29 is 23.9 Å². The number of hydrogen-bond acceptors (Lipinski definition) is 5. The van der Waals surface area contributed by atoms with Gasteiger partial charge in [0.25, 0.3) is 11.8 Å². The average Bonchev–Trinajstić information content (AvgIpc) is 2.77. The predicted molar refractivity (Wildman–Crippen MR) is 128 cm³/mol. The van der Waals surface area contributed by atoms with E-state index in [1.54, 1.807) is 12.1 Å². The Balaban J connectivity index is 1.67. The van der Waals surface area contributed by atoms with Gasteiger partial charge in [-0.25, -0.2) is 4.79 Å². The molecule has 0 spiro atoms. The summed E-state index contributed by atoms with van der Waals surface area (Å²) in [5, 5.41) is 6.37. The summed E-state index contributed by atoms with van der Waals surface area (Å²) in [6.07, 6.45) is 1.39. The molecule has 0 aromatic heterocycles. The lowest BCUT2D eigenvalue weighted by Gasteiger charge is -2.17. The van der Waals surface area contributed by atoms with E-state index in [1.807, 2.05) is 26.0 Å². The maximum Gasteiger partial charge on any atom is 0.328 e. The van der Waals surface area contributed by atoms with Crippen molar-refractivity contribution in [1.82, 2.24) is 10.6 Å². The van der Waals surface area contributed by atoms with Gasteiger partial charge in [0.15, 0.2) is 11.5 Å². The fourth-order valence-corrected chi connectivity index (χ4v) is 4.20. The third-order valence-electron chi connectivity index (χ3n) is 5.22. The fourth-order valence-electron chi connectivity index (χ4n) is 3.63. The summed E-state index contributed by atoms with van der Waals surface area (Å²) < 4.78 is 12.6. The summed E-state index contributed by atoms with van der Waals surface area (Å²) in [4.78, 5) is 35.4. The number of fused-ring (bicyclic) bond motifs is 1. The number of ether oxygens (including phenoxy) is 2. The largest absolute Gasteiger partial charge is 0.490 e. The highest BCUT2D eigenvalue weighted by Gasteiger charge is 2.28. The van der Waals surface area contributed by atoms with Gasteiger partial charge in [-0.15, -0.1) is 0 Å². The summed E-state index contributed by atoms with van der Waals surface area (Å²) in [5.74, 6) is -0.544. The van der Waals surface area contributed by atoms with E-state index in [4.69, 9.17) is 9.47 Å². The number of amides is 4. The lowest BCUT2D eigenvalue weighted by Crippen LogP contribution is -2.51. The van der Waals surface area contributed by atoms with E-state index >= 15 is 0 Å². The van der Waals surface area contributed by atoms with Gasteiger partial charge in [-0.05, 0) is 69.9 Å². The van der Waals surface area contributed by atoms with Crippen LogP contribution in [0.4, 0.5) is 4.79 Å². The molecular weight excluding hydrogens is 488 g/mol. The Kier molecular flexibility index (Phi) is 6.46. The van der Waals surface area contributed by atoms with Crippen molar-refractivity contribution >= 4 is 50.6 Å². The zero-order chi connectivity index (χ0) is 23.5. The number of carbonyl (C=O) groups is 3. The van der Waals surface area contributed by atoms with Gasteiger partial charge >= 0.3 is 6.03 Å². The van der Waals surface area contributed by atoms with Crippen LogP contribution in [-0.4, -0.2) is 24.5 Å². The first-order chi connectivity index (χ1) is 15.9. The molecule has 1 aliphatic rings. The Morgan fingerprint density at radius 2 is 1.70 bits per heavy atom. The molecule has 7 nitrogen and oxygen atoms in total. The number of rotatable bonds is 6. The van der Waals surface area contributed by atoms with Gasteiger partial charge in [-0.3, -0.25) is 20.2 Å². The molecule has 0 unspecified atom stereocenters. The molecule has 0 bridgehead atoms. The van der Waals surface area contributed by atoms with Crippen LogP contribution in [0.2, 0.25) is 0 Å². The van der Waals surface area contributed by atoms with Gasteiger partial charge in [0, 0.05) is 5.56 Å². The van der Waals surface area contributed by atoms with E-state index in [0.29, 0.717) is 34.7 Å². The minimum Gasteiger partial charge on any atom is -0.490 e. The highest BCUT2D eigenvalue weighted by Crippen LogP contribution is 2.38. The molecule has 3 aromatic carbocycles. The summed E-state index contributed by atoms with van der Waals surface area (Å²) in [6, 6.07) is 14.9. The maximum absolute atomic E-state index is 12.1. The molecule has 0 atom stereocenters. The van der Waals surface area contributed by atoms with E-state index < -0.39 is 17.8 Å². The second kappa shape index (κ2) is 9.46. The molecule has 0 aliphatic carbocycles. The number of urea groups is 1. The minimum absolute atomic E-state index is 0.177. The smallest absolute Gasteiger partial charge is 0.328 e. The minimum atomic E-state index is -0.842. The highest BCUT2D eigenvalue weighted by molar-refractivity contribution is 9.10. The van der Waals surface area contributed by atoms with Crippen molar-refractivity contribution in [3.8, 4) is 11.5 Å². The molecule has 168 valence electrons. The molecule has 2 N–H and O–H groups in total. The summed E-state index contributed by atoms with van der Waals surface area (Å²) in [6.45, 7) is 4.63. The lowest BCUT2D eigenvalue weighted by molar-refractivity contribution is -0.123. The predicted octanol–water partition coefficient (Wildman–Crippen LogP) is 4.64. The van der Waals surface area contributed by atoms with E-state index in [0.717, 1.165) is 21.9 Å². The Hall–Kier alpha value is -3.65. The van der Waals surface area contributed by atoms with E-state index in [2.05, 4.69) is 50.8 Å². The number of barbiturate groups is 1. The van der Waals surface area contributed by atoms with Crippen molar-refractivity contribution in [2.24, 2.45) is 0 Å². The van der Waals surface area contributed by atoms with Crippen LogP contribution in [0.25, 0.3) is 16.8 Å². The number of imide groups is 2. The third kappa shape index (κ3) is 4.75. The standard InChI is InChI=1S/C25H21BrN2O5/c1-3-32-21-12-15(10-18-23(29)27-25(31)28-24(18)30)11-20(26)22(21)33-13-19-14(2)8-9-16-6-4-5-7-17(16)19/h4-12H,3,13H2,1-2H3,(H2,27,28,29,30,31). The number of nitrogens with one attached hydrogen (secondary N) is 2. The van der Waals surface area contributed by atoms with E-state index in [-0.39, 0.29) is 5.57 Å². The van der Waals surface area contributed by atoms with Crippen LogP contribution < -0.4 is 20.1 Å². The SMILES string of the molecule is CCOc1cc(C=C2C(=O)NC(=O)NC2=O)cc(Br)c1OCc1c(C)ccc2ccccc12. The summed E-state index contributed by atoms with van der Waals surface area (Å²) >= 11 is 3.52. The Bertz CT molecular complexity index is 1290. The van der Waals surface area contributed by atoms with Gasteiger partial charge in [-0.1, -0.05) is 36.4 Å². The second-order valence-electron chi connectivity index (χ2n) is 7.43. The molecule has 1 fully saturated rings. The van der Waals surface area contributed by atoms with E-state index in [1.165, 1.54) is 6.08 Å². The number of carbonyl (C=O) groups excluding carboxylic acids is 3. The highest BCUT2D eigenvalue weighted by atomic mass is 79.9. The van der Waals surface area contributed by atoms with Crippen molar-refractivity contribution in [1.29, 1.82) is 0 Å². The van der Waals surface area contributed by atoms with Gasteiger partial charge in [0.2, 0.25) is 0 Å². The van der Waals surface area contributed by atoms with Crippen LogP contribution in [0.5, 0.6) is 11.5 Å². The zero-order valence-electron chi connectivity index (χ0n) is 18.0.